The first-order valence-electron chi connectivity index (χ1n) is 3.90. The number of benzene rings is 1. The highest BCUT2D eigenvalue weighted by molar-refractivity contribution is 5.88. The Labute approximate surface area is 79.9 Å². The van der Waals surface area contributed by atoms with Crippen molar-refractivity contribution in [3.8, 4) is 5.75 Å². The molecule has 0 saturated carbocycles. The highest BCUT2D eigenvalue weighted by atomic mass is 16.4. The first-order valence-corrected chi connectivity index (χ1v) is 3.90. The van der Waals surface area contributed by atoms with Gasteiger partial charge in [-0.1, -0.05) is 0 Å². The lowest BCUT2D eigenvalue weighted by Crippen LogP contribution is -2.01. The Morgan fingerprint density at radius 1 is 1.14 bits per heavy atom. The second kappa shape index (κ2) is 4.08. The van der Waals surface area contributed by atoms with E-state index < -0.39 is 19.2 Å². The average Bonchev–Trinajstić information content (AvgIpc) is 2.17. The molecule has 0 amide bonds. The average molecular weight is 198 g/mol. The molecule has 0 aliphatic rings. The van der Waals surface area contributed by atoms with E-state index in [0.717, 1.165) is 12.1 Å². The van der Waals surface area contributed by atoms with Crippen LogP contribution in [0.1, 0.15) is 21.5 Å². The molecule has 0 aliphatic carbocycles. The van der Waals surface area contributed by atoms with Crippen molar-refractivity contribution in [2.75, 3.05) is 0 Å². The number of rotatable bonds is 3. The van der Waals surface area contributed by atoms with E-state index in [1.165, 1.54) is 0 Å². The van der Waals surface area contributed by atoms with Gasteiger partial charge in [-0.05, 0) is 12.1 Å². The molecule has 0 aliphatic heterocycles. The minimum atomic E-state index is -1.17. The first kappa shape index (κ1) is 10.5. The molecular weight excluding hydrogens is 188 g/mol. The number of hydrogen-bond donors (Lipinski definition) is 4. The van der Waals surface area contributed by atoms with Gasteiger partial charge in [0.15, 0.2) is 0 Å². The zero-order valence-electron chi connectivity index (χ0n) is 7.27. The topological polar surface area (TPSA) is 98.0 Å². The van der Waals surface area contributed by atoms with Gasteiger partial charge in [-0.2, -0.15) is 0 Å². The summed E-state index contributed by atoms with van der Waals surface area (Å²) in [6.07, 6.45) is 0. The lowest BCUT2D eigenvalue weighted by Gasteiger charge is -2.07. The van der Waals surface area contributed by atoms with E-state index in [2.05, 4.69) is 0 Å². The van der Waals surface area contributed by atoms with Crippen LogP contribution in [0.3, 0.4) is 0 Å². The van der Waals surface area contributed by atoms with Crippen LogP contribution in [0.4, 0.5) is 0 Å². The molecule has 0 fully saturated rings. The Morgan fingerprint density at radius 3 is 1.86 bits per heavy atom. The predicted molar refractivity (Wildman–Crippen MR) is 46.9 cm³/mol. The molecule has 4 N–H and O–H groups in total. The molecule has 0 bridgehead atoms. The van der Waals surface area contributed by atoms with Crippen molar-refractivity contribution in [2.24, 2.45) is 0 Å². The van der Waals surface area contributed by atoms with E-state index in [-0.39, 0.29) is 22.4 Å². The summed E-state index contributed by atoms with van der Waals surface area (Å²) in [5.41, 5.74) is 0.110. The van der Waals surface area contributed by atoms with Gasteiger partial charge in [0.05, 0.1) is 18.8 Å². The fourth-order valence-electron chi connectivity index (χ4n) is 1.12. The molecule has 0 heterocycles. The maximum Gasteiger partial charge on any atom is 0.335 e. The molecule has 1 aromatic carbocycles. The summed E-state index contributed by atoms with van der Waals surface area (Å²) in [5, 5.41) is 35.7. The summed E-state index contributed by atoms with van der Waals surface area (Å²) < 4.78 is 0. The second-order valence-corrected chi connectivity index (χ2v) is 2.76. The van der Waals surface area contributed by atoms with Crippen molar-refractivity contribution in [1.82, 2.24) is 0 Å². The summed E-state index contributed by atoms with van der Waals surface area (Å²) in [7, 11) is 0. The smallest absolute Gasteiger partial charge is 0.335 e. The van der Waals surface area contributed by atoms with Crippen molar-refractivity contribution < 1.29 is 25.2 Å². The number of hydrogen-bond acceptors (Lipinski definition) is 4. The van der Waals surface area contributed by atoms with Crippen molar-refractivity contribution >= 4 is 5.97 Å². The lowest BCUT2D eigenvalue weighted by molar-refractivity contribution is 0.0696. The van der Waals surface area contributed by atoms with Crippen LogP contribution in [-0.2, 0) is 13.2 Å². The first-order chi connectivity index (χ1) is 6.60. The van der Waals surface area contributed by atoms with E-state index in [9.17, 15) is 9.90 Å². The lowest BCUT2D eigenvalue weighted by atomic mass is 10.0. The van der Waals surface area contributed by atoms with E-state index in [1.54, 1.807) is 0 Å². The summed E-state index contributed by atoms with van der Waals surface area (Å²) >= 11 is 0. The van der Waals surface area contributed by atoms with Gasteiger partial charge in [0.2, 0.25) is 0 Å². The summed E-state index contributed by atoms with van der Waals surface area (Å²) in [5.74, 6) is -1.44. The third kappa shape index (κ3) is 1.84. The Kier molecular flexibility index (Phi) is 3.06. The number of aromatic hydroxyl groups is 1. The molecule has 5 nitrogen and oxygen atoms in total. The molecule has 0 saturated heterocycles. The quantitative estimate of drug-likeness (QED) is 0.551. The highest BCUT2D eigenvalue weighted by Gasteiger charge is 2.12. The van der Waals surface area contributed by atoms with Crippen LogP contribution in [0, 0.1) is 0 Å². The molecule has 76 valence electrons. The monoisotopic (exact) mass is 198 g/mol. The van der Waals surface area contributed by atoms with Crippen LogP contribution >= 0.6 is 0 Å². The van der Waals surface area contributed by atoms with E-state index >= 15 is 0 Å². The van der Waals surface area contributed by atoms with Gasteiger partial charge in [0.1, 0.15) is 5.75 Å². The second-order valence-electron chi connectivity index (χ2n) is 2.76. The summed E-state index contributed by atoms with van der Waals surface area (Å²) in [4.78, 5) is 10.6. The number of carboxylic acids is 1. The van der Waals surface area contributed by atoms with Crippen molar-refractivity contribution in [2.45, 2.75) is 13.2 Å². The van der Waals surface area contributed by atoms with Crippen molar-refractivity contribution in [1.29, 1.82) is 0 Å². The van der Waals surface area contributed by atoms with Crippen LogP contribution in [0.5, 0.6) is 5.75 Å². The van der Waals surface area contributed by atoms with E-state index in [4.69, 9.17) is 15.3 Å². The number of carbonyl (C=O) groups is 1. The van der Waals surface area contributed by atoms with Crippen LogP contribution in [-0.4, -0.2) is 26.4 Å². The number of aromatic carboxylic acids is 1. The van der Waals surface area contributed by atoms with Gasteiger partial charge in [-0.3, -0.25) is 0 Å². The maximum absolute atomic E-state index is 10.6. The molecule has 0 unspecified atom stereocenters. The summed E-state index contributed by atoms with van der Waals surface area (Å²) in [6.45, 7) is -0.945. The van der Waals surface area contributed by atoms with Crippen LogP contribution in [0.25, 0.3) is 0 Å². The van der Waals surface area contributed by atoms with E-state index in [0.29, 0.717) is 0 Å². The zero-order chi connectivity index (χ0) is 10.7. The molecule has 0 spiro atoms. The van der Waals surface area contributed by atoms with Gasteiger partial charge in [-0.15, -0.1) is 0 Å². The van der Waals surface area contributed by atoms with Gasteiger partial charge < -0.3 is 20.4 Å². The van der Waals surface area contributed by atoms with Gasteiger partial charge in [0, 0.05) is 11.1 Å². The number of aliphatic hydroxyl groups is 2. The third-order valence-corrected chi connectivity index (χ3v) is 1.86. The minimum absolute atomic E-state index is 0.0732. The molecule has 0 atom stereocenters. The van der Waals surface area contributed by atoms with Crippen molar-refractivity contribution in [3.05, 3.63) is 28.8 Å². The van der Waals surface area contributed by atoms with Gasteiger partial charge in [-0.25, -0.2) is 4.79 Å². The standard InChI is InChI=1S/C9H10O5/c10-3-6-1-5(9(13)14)2-7(4-11)8(6)12/h1-2,10-12H,3-4H2,(H,13,14). The fourth-order valence-corrected chi connectivity index (χ4v) is 1.12. The largest absolute Gasteiger partial charge is 0.507 e. The summed E-state index contributed by atoms with van der Waals surface area (Å²) in [6, 6.07) is 2.33. The normalized spacial score (nSPS) is 10.1. The van der Waals surface area contributed by atoms with Gasteiger partial charge in [0.25, 0.3) is 0 Å². The number of phenols is 1. The van der Waals surface area contributed by atoms with E-state index in [1.807, 2.05) is 0 Å². The Hall–Kier alpha value is -1.59. The zero-order valence-corrected chi connectivity index (χ0v) is 7.27. The third-order valence-electron chi connectivity index (χ3n) is 1.86. The number of carboxylic acid groups (broad SMARTS) is 1. The molecule has 1 rings (SSSR count). The number of aliphatic hydroxyl groups excluding tert-OH is 2. The predicted octanol–water partition coefficient (Wildman–Crippen LogP) is 0.0750. The minimum Gasteiger partial charge on any atom is -0.507 e. The maximum atomic E-state index is 10.6. The molecule has 0 aromatic heterocycles. The Bertz CT molecular complexity index is 333. The Morgan fingerprint density at radius 2 is 1.57 bits per heavy atom. The Balaban J connectivity index is 3.32. The fraction of sp³-hybridized carbons (Fsp3) is 0.222. The molecular formula is C9H10O5. The van der Waals surface area contributed by atoms with Crippen molar-refractivity contribution in [3.63, 3.8) is 0 Å². The van der Waals surface area contributed by atoms with Gasteiger partial charge >= 0.3 is 5.97 Å². The SMILES string of the molecule is O=C(O)c1cc(CO)c(O)c(CO)c1. The molecule has 0 radical (unpaired) electrons. The molecule has 14 heavy (non-hydrogen) atoms. The van der Waals surface area contributed by atoms with Crippen LogP contribution in [0.15, 0.2) is 12.1 Å². The van der Waals surface area contributed by atoms with Crippen LogP contribution in [0.2, 0.25) is 0 Å². The van der Waals surface area contributed by atoms with Crippen LogP contribution < -0.4 is 0 Å². The molecule has 5 heteroatoms. The highest BCUT2D eigenvalue weighted by Crippen LogP contribution is 2.24. The molecule has 1 aromatic rings.